The average molecular weight is 428 g/mol. The minimum Gasteiger partial charge on any atom is -0.319 e. The molecular formula is C20H25N7O2S. The molecule has 1 N–H and O–H groups in total. The standard InChI is InChI=1S/C20H25N7O2S/c1-13-17(19(29)27(25(13)3)16-11-5-4-6-12-16)21-18(28)14(2)30-20-22-23-24-26(20)15-9-7-8-10-15/h4-6,11-12,14-15H,7-10H2,1-3H3,(H,21,28). The zero-order chi connectivity index (χ0) is 21.3. The Morgan fingerprint density at radius 1 is 1.23 bits per heavy atom. The van der Waals surface area contributed by atoms with Crippen molar-refractivity contribution in [3.05, 3.63) is 46.4 Å². The Bertz CT molecular complexity index is 1100. The van der Waals surface area contributed by atoms with E-state index in [0.717, 1.165) is 18.5 Å². The molecule has 1 unspecified atom stereocenters. The molecule has 0 saturated heterocycles. The van der Waals surface area contributed by atoms with E-state index in [1.54, 1.807) is 23.3 Å². The minimum absolute atomic E-state index is 0.257. The van der Waals surface area contributed by atoms with Crippen LogP contribution in [0.4, 0.5) is 5.69 Å². The molecule has 0 aliphatic heterocycles. The molecule has 0 radical (unpaired) electrons. The molecule has 2 heterocycles. The fourth-order valence-electron chi connectivity index (χ4n) is 3.79. The van der Waals surface area contributed by atoms with Crippen molar-refractivity contribution in [2.24, 2.45) is 7.05 Å². The number of amides is 1. The van der Waals surface area contributed by atoms with Gasteiger partial charge in [0.2, 0.25) is 11.1 Å². The largest absolute Gasteiger partial charge is 0.319 e. The predicted octanol–water partition coefficient (Wildman–Crippen LogP) is 2.71. The minimum atomic E-state index is -0.458. The summed E-state index contributed by atoms with van der Waals surface area (Å²) in [6.07, 6.45) is 4.46. The molecule has 3 aromatic rings. The Morgan fingerprint density at radius 3 is 2.63 bits per heavy atom. The van der Waals surface area contributed by atoms with Crippen LogP contribution in [0.2, 0.25) is 0 Å². The van der Waals surface area contributed by atoms with E-state index in [1.165, 1.54) is 24.6 Å². The first-order valence-corrected chi connectivity index (χ1v) is 10.9. The van der Waals surface area contributed by atoms with Crippen molar-refractivity contribution in [1.82, 2.24) is 29.6 Å². The van der Waals surface area contributed by atoms with E-state index in [1.807, 2.05) is 41.9 Å². The number of tetrazole rings is 1. The number of hydrogen-bond acceptors (Lipinski definition) is 6. The summed E-state index contributed by atoms with van der Waals surface area (Å²) in [5.41, 5.74) is 1.45. The number of carbonyl (C=O) groups is 1. The fourth-order valence-corrected chi connectivity index (χ4v) is 4.65. The first-order valence-electron chi connectivity index (χ1n) is 10.1. The van der Waals surface area contributed by atoms with Crippen LogP contribution in [-0.4, -0.2) is 40.7 Å². The molecule has 1 aromatic carbocycles. The Hall–Kier alpha value is -2.88. The van der Waals surface area contributed by atoms with Crippen molar-refractivity contribution in [3.63, 3.8) is 0 Å². The second-order valence-electron chi connectivity index (χ2n) is 7.53. The number of hydrogen-bond donors (Lipinski definition) is 1. The van der Waals surface area contributed by atoms with Crippen molar-refractivity contribution < 1.29 is 4.79 Å². The molecule has 1 atom stereocenters. The summed E-state index contributed by atoms with van der Waals surface area (Å²) in [6, 6.07) is 9.64. The number of thioether (sulfide) groups is 1. The topological polar surface area (TPSA) is 99.6 Å². The third-order valence-electron chi connectivity index (χ3n) is 5.59. The van der Waals surface area contributed by atoms with Gasteiger partial charge in [0, 0.05) is 7.05 Å². The van der Waals surface area contributed by atoms with Crippen molar-refractivity contribution >= 4 is 23.4 Å². The number of benzene rings is 1. The van der Waals surface area contributed by atoms with Gasteiger partial charge in [-0.2, -0.15) is 0 Å². The summed E-state index contributed by atoms with van der Waals surface area (Å²) >= 11 is 1.31. The molecule has 1 saturated carbocycles. The van der Waals surface area contributed by atoms with Gasteiger partial charge in [0.25, 0.3) is 5.56 Å². The summed E-state index contributed by atoms with van der Waals surface area (Å²) in [5, 5.41) is 15.0. The maximum Gasteiger partial charge on any atom is 0.295 e. The van der Waals surface area contributed by atoms with E-state index in [9.17, 15) is 9.59 Å². The van der Waals surface area contributed by atoms with Crippen LogP contribution in [0, 0.1) is 6.92 Å². The number of carbonyl (C=O) groups excluding carboxylic acids is 1. The van der Waals surface area contributed by atoms with Crippen LogP contribution in [-0.2, 0) is 11.8 Å². The lowest BCUT2D eigenvalue weighted by Crippen LogP contribution is -2.27. The van der Waals surface area contributed by atoms with E-state index in [-0.39, 0.29) is 17.2 Å². The van der Waals surface area contributed by atoms with Crippen LogP contribution in [0.15, 0.2) is 40.3 Å². The van der Waals surface area contributed by atoms with E-state index in [4.69, 9.17) is 0 Å². The fraction of sp³-hybridized carbons (Fsp3) is 0.450. The van der Waals surface area contributed by atoms with E-state index in [0.29, 0.717) is 16.9 Å². The zero-order valence-electron chi connectivity index (χ0n) is 17.3. The second-order valence-corrected chi connectivity index (χ2v) is 8.84. The van der Waals surface area contributed by atoms with Crippen molar-refractivity contribution in [2.75, 3.05) is 5.32 Å². The summed E-state index contributed by atoms with van der Waals surface area (Å²) in [4.78, 5) is 25.9. The normalized spacial score (nSPS) is 15.4. The highest BCUT2D eigenvalue weighted by molar-refractivity contribution is 8.00. The third-order valence-corrected chi connectivity index (χ3v) is 6.63. The molecule has 4 rings (SSSR count). The lowest BCUT2D eigenvalue weighted by Gasteiger charge is -2.14. The average Bonchev–Trinajstić information content (AvgIpc) is 3.47. The van der Waals surface area contributed by atoms with Crippen LogP contribution < -0.4 is 10.9 Å². The molecule has 1 fully saturated rings. The van der Waals surface area contributed by atoms with Gasteiger partial charge in [-0.25, -0.2) is 9.36 Å². The highest BCUT2D eigenvalue weighted by atomic mass is 32.2. The van der Waals surface area contributed by atoms with Gasteiger partial charge in [-0.05, 0) is 49.2 Å². The van der Waals surface area contributed by atoms with Crippen molar-refractivity contribution in [3.8, 4) is 5.69 Å². The first kappa shape index (κ1) is 20.4. The van der Waals surface area contributed by atoms with E-state index < -0.39 is 5.25 Å². The molecule has 2 aromatic heterocycles. The number of nitrogens with one attached hydrogen (secondary N) is 1. The lowest BCUT2D eigenvalue weighted by molar-refractivity contribution is -0.115. The third kappa shape index (κ3) is 3.79. The highest BCUT2D eigenvalue weighted by Gasteiger charge is 2.26. The maximum absolute atomic E-state index is 13.0. The quantitative estimate of drug-likeness (QED) is 0.607. The van der Waals surface area contributed by atoms with Crippen LogP contribution in [0.5, 0.6) is 0 Å². The molecule has 30 heavy (non-hydrogen) atoms. The number of aromatic nitrogens is 6. The Balaban J connectivity index is 1.52. The first-order chi connectivity index (χ1) is 14.5. The van der Waals surface area contributed by atoms with Gasteiger partial charge in [-0.3, -0.25) is 14.3 Å². The Morgan fingerprint density at radius 2 is 1.93 bits per heavy atom. The molecule has 1 amide bonds. The molecule has 9 nitrogen and oxygen atoms in total. The van der Waals surface area contributed by atoms with Gasteiger partial charge in [-0.15, -0.1) is 5.10 Å². The molecule has 1 aliphatic carbocycles. The molecule has 0 bridgehead atoms. The van der Waals surface area contributed by atoms with Gasteiger partial charge >= 0.3 is 0 Å². The van der Waals surface area contributed by atoms with Crippen molar-refractivity contribution in [2.45, 2.75) is 56.0 Å². The number of rotatable bonds is 6. The number of para-hydroxylation sites is 1. The lowest BCUT2D eigenvalue weighted by atomic mass is 10.3. The Kier molecular flexibility index (Phi) is 5.76. The van der Waals surface area contributed by atoms with Gasteiger partial charge in [0.05, 0.1) is 22.7 Å². The van der Waals surface area contributed by atoms with Crippen LogP contribution >= 0.6 is 11.8 Å². The summed E-state index contributed by atoms with van der Waals surface area (Å²) in [7, 11) is 1.80. The zero-order valence-corrected chi connectivity index (χ0v) is 18.1. The van der Waals surface area contributed by atoms with Gasteiger partial charge < -0.3 is 5.32 Å². The van der Waals surface area contributed by atoms with Crippen LogP contribution in [0.3, 0.4) is 0 Å². The second kappa shape index (κ2) is 8.47. The van der Waals surface area contributed by atoms with Crippen molar-refractivity contribution in [1.29, 1.82) is 0 Å². The van der Waals surface area contributed by atoms with E-state index >= 15 is 0 Å². The molecular weight excluding hydrogens is 402 g/mol. The molecule has 1 aliphatic rings. The SMILES string of the molecule is Cc1c(NC(=O)C(C)Sc2nnnn2C2CCCC2)c(=O)n(-c2ccccc2)n1C. The van der Waals surface area contributed by atoms with Gasteiger partial charge in [0.15, 0.2) is 0 Å². The molecule has 0 spiro atoms. The van der Waals surface area contributed by atoms with Crippen LogP contribution in [0.1, 0.15) is 44.3 Å². The summed E-state index contributed by atoms with van der Waals surface area (Å²) in [5.74, 6) is -0.257. The number of anilines is 1. The monoisotopic (exact) mass is 427 g/mol. The molecule has 158 valence electrons. The smallest absolute Gasteiger partial charge is 0.295 e. The van der Waals surface area contributed by atoms with Gasteiger partial charge in [0.1, 0.15) is 5.69 Å². The number of nitrogens with zero attached hydrogens (tertiary/aromatic N) is 6. The summed E-state index contributed by atoms with van der Waals surface area (Å²) in [6.45, 7) is 3.61. The van der Waals surface area contributed by atoms with Crippen LogP contribution in [0.25, 0.3) is 5.69 Å². The predicted molar refractivity (Wildman–Crippen MR) is 115 cm³/mol. The summed E-state index contributed by atoms with van der Waals surface area (Å²) < 4.78 is 5.12. The maximum atomic E-state index is 13.0. The van der Waals surface area contributed by atoms with Gasteiger partial charge in [-0.1, -0.05) is 42.8 Å². The Labute approximate surface area is 178 Å². The molecule has 10 heteroatoms. The van der Waals surface area contributed by atoms with E-state index in [2.05, 4.69) is 20.8 Å². The highest BCUT2D eigenvalue weighted by Crippen LogP contribution is 2.32.